The number of nitrogens with one attached hydrogen (secondary N) is 2. The van der Waals surface area contributed by atoms with Crippen LogP contribution in [0.1, 0.15) is 27.6 Å². The van der Waals surface area contributed by atoms with Gasteiger partial charge in [-0.15, -0.1) is 0 Å². The Labute approximate surface area is 227 Å². The van der Waals surface area contributed by atoms with Crippen molar-refractivity contribution in [1.82, 2.24) is 0 Å². The molecule has 0 heterocycles. The number of hydrogen-bond donors (Lipinski definition) is 2. The Morgan fingerprint density at radius 1 is 0.725 bits per heavy atom. The van der Waals surface area contributed by atoms with Gasteiger partial charge >= 0.3 is 11.4 Å². The van der Waals surface area contributed by atoms with E-state index in [2.05, 4.69) is 10.6 Å². The number of para-hydroxylation sites is 2. The number of benzene rings is 4. The van der Waals surface area contributed by atoms with E-state index in [-0.39, 0.29) is 22.6 Å². The van der Waals surface area contributed by atoms with Crippen LogP contribution in [0.3, 0.4) is 0 Å². The Hall–Kier alpha value is -5.65. The number of nitro groups is 2. The van der Waals surface area contributed by atoms with E-state index in [4.69, 9.17) is 4.74 Å². The van der Waals surface area contributed by atoms with Crippen molar-refractivity contribution in [3.8, 4) is 5.75 Å². The first kappa shape index (κ1) is 28.9. The molecular formula is C28H23FN4O7. The lowest BCUT2D eigenvalue weighted by Gasteiger charge is -2.07. The summed E-state index contributed by atoms with van der Waals surface area (Å²) in [6.45, 7) is 2.05. The SMILES string of the molecule is CCOc1ccc(C(=O)Nc2ccccc2)cc1[N+](=O)[O-].O=C(Nc1ccccc1)c1ccc(F)c([N+](=O)[O-])c1. The van der Waals surface area contributed by atoms with Crippen LogP contribution >= 0.6 is 0 Å². The van der Waals surface area contributed by atoms with Crippen molar-refractivity contribution in [2.75, 3.05) is 17.2 Å². The maximum atomic E-state index is 13.1. The number of amides is 2. The van der Waals surface area contributed by atoms with E-state index in [1.54, 1.807) is 61.5 Å². The lowest BCUT2D eigenvalue weighted by Crippen LogP contribution is -2.12. The minimum absolute atomic E-state index is 0.0250. The van der Waals surface area contributed by atoms with Crippen molar-refractivity contribution in [2.24, 2.45) is 0 Å². The molecule has 2 amide bonds. The molecule has 0 atom stereocenters. The topological polar surface area (TPSA) is 154 Å². The number of hydrogen-bond acceptors (Lipinski definition) is 7. The minimum atomic E-state index is -0.971. The van der Waals surface area contributed by atoms with Gasteiger partial charge in [-0.1, -0.05) is 36.4 Å². The van der Waals surface area contributed by atoms with Crippen molar-refractivity contribution in [1.29, 1.82) is 0 Å². The van der Waals surface area contributed by atoms with Crippen molar-refractivity contribution in [3.63, 3.8) is 0 Å². The van der Waals surface area contributed by atoms with Crippen LogP contribution in [0.15, 0.2) is 97.1 Å². The highest BCUT2D eigenvalue weighted by atomic mass is 19.1. The summed E-state index contributed by atoms with van der Waals surface area (Å²) in [7, 11) is 0. The first-order valence-corrected chi connectivity index (χ1v) is 11.8. The van der Waals surface area contributed by atoms with E-state index in [0.717, 1.165) is 12.1 Å². The number of carbonyl (C=O) groups is 2. The van der Waals surface area contributed by atoms with Crippen molar-refractivity contribution in [3.05, 3.63) is 134 Å². The number of nitro benzene ring substituents is 2. The standard InChI is InChI=1S/C15H14N2O4.C13H9FN2O3/c1-2-21-14-9-8-11(10-13(14)17(19)20)15(18)16-12-6-4-3-5-7-12;14-11-7-6-9(8-12(11)16(18)19)13(17)15-10-4-2-1-3-5-10/h3-10H,2H2,1H3,(H,16,18);1-8H,(H,15,17). The maximum absolute atomic E-state index is 13.1. The second-order valence-electron chi connectivity index (χ2n) is 7.94. The normalized spacial score (nSPS) is 9.95. The van der Waals surface area contributed by atoms with Crippen LogP contribution in [-0.4, -0.2) is 28.3 Å². The monoisotopic (exact) mass is 546 g/mol. The first-order chi connectivity index (χ1) is 19.2. The molecule has 0 aliphatic heterocycles. The highest BCUT2D eigenvalue weighted by Gasteiger charge is 2.19. The van der Waals surface area contributed by atoms with Gasteiger partial charge in [0.15, 0.2) is 5.75 Å². The van der Waals surface area contributed by atoms with Gasteiger partial charge in [0, 0.05) is 34.6 Å². The van der Waals surface area contributed by atoms with Gasteiger partial charge < -0.3 is 15.4 Å². The molecule has 204 valence electrons. The Morgan fingerprint density at radius 3 is 1.62 bits per heavy atom. The van der Waals surface area contributed by atoms with E-state index < -0.39 is 33.2 Å². The zero-order valence-corrected chi connectivity index (χ0v) is 21.1. The lowest BCUT2D eigenvalue weighted by molar-refractivity contribution is -0.387. The third kappa shape index (κ3) is 7.92. The average molecular weight is 547 g/mol. The molecule has 0 aromatic heterocycles. The number of carbonyl (C=O) groups excluding carboxylic acids is 2. The molecule has 2 N–H and O–H groups in total. The molecule has 0 fully saturated rings. The summed E-state index contributed by atoms with van der Waals surface area (Å²) in [5.41, 5.74) is 0.461. The largest absolute Gasteiger partial charge is 0.487 e. The van der Waals surface area contributed by atoms with E-state index in [1.165, 1.54) is 24.3 Å². The van der Waals surface area contributed by atoms with Crippen molar-refractivity contribution in [2.45, 2.75) is 6.92 Å². The van der Waals surface area contributed by atoms with Gasteiger partial charge in [0.25, 0.3) is 11.8 Å². The smallest absolute Gasteiger partial charge is 0.311 e. The van der Waals surface area contributed by atoms with Gasteiger partial charge in [0.2, 0.25) is 5.82 Å². The van der Waals surface area contributed by atoms with E-state index >= 15 is 0 Å². The molecule has 0 aliphatic rings. The number of rotatable bonds is 8. The van der Waals surface area contributed by atoms with Crippen LogP contribution in [-0.2, 0) is 0 Å². The third-order valence-corrected chi connectivity index (χ3v) is 5.19. The van der Waals surface area contributed by atoms with Crippen LogP contribution in [0.25, 0.3) is 0 Å². The van der Waals surface area contributed by atoms with Crippen molar-refractivity contribution >= 4 is 34.6 Å². The molecule has 11 nitrogen and oxygen atoms in total. The molecule has 0 radical (unpaired) electrons. The fourth-order valence-electron chi connectivity index (χ4n) is 3.32. The first-order valence-electron chi connectivity index (χ1n) is 11.8. The molecule has 0 saturated carbocycles. The Bertz CT molecular complexity index is 1520. The number of halogens is 1. The molecule has 4 aromatic carbocycles. The molecule has 0 spiro atoms. The third-order valence-electron chi connectivity index (χ3n) is 5.19. The van der Waals surface area contributed by atoms with Crippen molar-refractivity contribution < 1.29 is 28.6 Å². The second kappa shape index (κ2) is 13.8. The zero-order valence-electron chi connectivity index (χ0n) is 21.1. The van der Waals surface area contributed by atoms with Gasteiger partial charge in [-0.3, -0.25) is 29.8 Å². The molecule has 12 heteroatoms. The molecule has 0 saturated heterocycles. The highest BCUT2D eigenvalue weighted by molar-refractivity contribution is 6.05. The molecular weight excluding hydrogens is 523 g/mol. The fourth-order valence-corrected chi connectivity index (χ4v) is 3.32. The van der Waals surface area contributed by atoms with Crippen LogP contribution in [0.4, 0.5) is 27.1 Å². The molecule has 0 bridgehead atoms. The second-order valence-corrected chi connectivity index (χ2v) is 7.94. The maximum Gasteiger partial charge on any atom is 0.311 e. The summed E-state index contributed by atoms with van der Waals surface area (Å²) >= 11 is 0. The summed E-state index contributed by atoms with van der Waals surface area (Å²) in [4.78, 5) is 44.1. The predicted molar refractivity (Wildman–Crippen MR) is 146 cm³/mol. The molecule has 40 heavy (non-hydrogen) atoms. The van der Waals surface area contributed by atoms with E-state index in [1.807, 2.05) is 6.07 Å². The van der Waals surface area contributed by atoms with Gasteiger partial charge in [-0.05, 0) is 55.5 Å². The quantitative estimate of drug-likeness (QED) is 0.196. The lowest BCUT2D eigenvalue weighted by atomic mass is 10.1. The molecule has 0 aliphatic carbocycles. The summed E-state index contributed by atoms with van der Waals surface area (Å²) in [5.74, 6) is -1.76. The van der Waals surface area contributed by atoms with E-state index in [9.17, 15) is 34.2 Å². The summed E-state index contributed by atoms with van der Waals surface area (Å²) in [6, 6.07) is 24.6. The molecule has 4 rings (SSSR count). The van der Waals surface area contributed by atoms with Gasteiger partial charge in [-0.2, -0.15) is 4.39 Å². The van der Waals surface area contributed by atoms with Gasteiger partial charge in [0.05, 0.1) is 16.5 Å². The van der Waals surface area contributed by atoms with Crippen LogP contribution in [0.2, 0.25) is 0 Å². The highest BCUT2D eigenvalue weighted by Crippen LogP contribution is 2.28. The fraction of sp³-hybridized carbons (Fsp3) is 0.0714. The van der Waals surface area contributed by atoms with Crippen LogP contribution in [0.5, 0.6) is 5.75 Å². The Kier molecular flexibility index (Phi) is 9.95. The summed E-state index contributed by atoms with van der Waals surface area (Å²) in [6.07, 6.45) is 0. The number of nitrogens with zero attached hydrogens (tertiary/aromatic N) is 2. The summed E-state index contributed by atoms with van der Waals surface area (Å²) in [5, 5.41) is 26.8. The van der Waals surface area contributed by atoms with Gasteiger partial charge in [-0.25, -0.2) is 0 Å². The van der Waals surface area contributed by atoms with E-state index in [0.29, 0.717) is 18.0 Å². The van der Waals surface area contributed by atoms with Crippen LogP contribution in [0, 0.1) is 26.0 Å². The Balaban J connectivity index is 0.000000222. The molecule has 4 aromatic rings. The average Bonchev–Trinajstić information content (AvgIpc) is 2.94. The summed E-state index contributed by atoms with van der Waals surface area (Å²) < 4.78 is 18.3. The predicted octanol–water partition coefficient (Wildman–Crippen LogP) is 6.23. The molecule has 0 unspecified atom stereocenters. The zero-order chi connectivity index (χ0) is 29.1. The number of ether oxygens (including phenoxy) is 1. The van der Waals surface area contributed by atoms with Crippen LogP contribution < -0.4 is 15.4 Å². The minimum Gasteiger partial charge on any atom is -0.487 e. The number of anilines is 2. The van der Waals surface area contributed by atoms with Gasteiger partial charge in [0.1, 0.15) is 0 Å². The Morgan fingerprint density at radius 2 is 1.18 bits per heavy atom.